The molecule has 0 aliphatic carbocycles. The van der Waals surface area contributed by atoms with Crippen LogP contribution in [-0.2, 0) is 21.2 Å². The van der Waals surface area contributed by atoms with Crippen LogP contribution in [0.5, 0.6) is 5.75 Å². The number of carbonyl (C=O) groups excluding carboxylic acids is 1. The zero-order chi connectivity index (χ0) is 21.8. The Morgan fingerprint density at radius 2 is 1.81 bits per heavy atom. The number of aromatic nitrogens is 3. The van der Waals surface area contributed by atoms with Crippen molar-refractivity contribution in [2.75, 3.05) is 33.3 Å². The van der Waals surface area contributed by atoms with Crippen molar-refractivity contribution < 1.29 is 17.9 Å². The second-order valence-electron chi connectivity index (χ2n) is 7.12. The molecule has 0 radical (unpaired) electrons. The first-order chi connectivity index (χ1) is 15.0. The van der Waals surface area contributed by atoms with Gasteiger partial charge in [0.2, 0.25) is 15.9 Å². The number of rotatable bonds is 6. The number of sulfonamides is 1. The molecule has 0 spiro atoms. The molecular formula is C21H23N5O4S. The van der Waals surface area contributed by atoms with Gasteiger partial charge >= 0.3 is 0 Å². The normalized spacial score (nSPS) is 15.1. The Labute approximate surface area is 180 Å². The monoisotopic (exact) mass is 441 g/mol. The van der Waals surface area contributed by atoms with E-state index >= 15 is 0 Å². The number of nitrogens with zero attached hydrogens (tertiary/aromatic N) is 4. The predicted octanol–water partition coefficient (Wildman–Crippen LogP) is 1.56. The molecule has 0 unspecified atom stereocenters. The highest BCUT2D eigenvalue weighted by atomic mass is 32.2. The lowest BCUT2D eigenvalue weighted by atomic mass is 10.1. The predicted molar refractivity (Wildman–Crippen MR) is 114 cm³/mol. The smallest absolute Gasteiger partial charge is 0.246 e. The van der Waals surface area contributed by atoms with E-state index in [4.69, 9.17) is 4.74 Å². The number of H-pyrrole nitrogens is 1. The first kappa shape index (κ1) is 21.0. The highest BCUT2D eigenvalue weighted by Crippen LogP contribution is 2.27. The molecule has 4 rings (SSSR count). The molecule has 3 aromatic rings. The molecule has 1 aromatic carbocycles. The van der Waals surface area contributed by atoms with Gasteiger partial charge in [-0.25, -0.2) is 8.42 Å². The van der Waals surface area contributed by atoms with Crippen molar-refractivity contribution in [3.63, 3.8) is 0 Å². The quantitative estimate of drug-likeness (QED) is 0.622. The van der Waals surface area contributed by atoms with Crippen LogP contribution in [0.4, 0.5) is 0 Å². The van der Waals surface area contributed by atoms with Gasteiger partial charge in [-0.05, 0) is 18.2 Å². The summed E-state index contributed by atoms with van der Waals surface area (Å²) >= 11 is 0. The molecule has 1 aliphatic heterocycles. The number of aromatic amines is 1. The average Bonchev–Trinajstić information content (AvgIpc) is 3.31. The molecule has 1 saturated heterocycles. The molecule has 10 heteroatoms. The van der Waals surface area contributed by atoms with Gasteiger partial charge in [0.05, 0.1) is 25.4 Å². The summed E-state index contributed by atoms with van der Waals surface area (Å²) in [4.78, 5) is 18.5. The summed E-state index contributed by atoms with van der Waals surface area (Å²) in [7, 11) is -2.18. The summed E-state index contributed by atoms with van der Waals surface area (Å²) in [5.74, 6) is 0.614. The number of hydrogen-bond acceptors (Lipinski definition) is 6. The maximum atomic E-state index is 13.2. The van der Waals surface area contributed by atoms with Gasteiger partial charge in [0.25, 0.3) is 0 Å². The fraction of sp³-hybridized carbons (Fsp3) is 0.286. The van der Waals surface area contributed by atoms with E-state index in [1.165, 1.54) is 10.5 Å². The average molecular weight is 442 g/mol. The Morgan fingerprint density at radius 3 is 2.52 bits per heavy atom. The fourth-order valence-corrected chi connectivity index (χ4v) is 5.17. The van der Waals surface area contributed by atoms with Gasteiger partial charge in [0.1, 0.15) is 10.6 Å². The van der Waals surface area contributed by atoms with Crippen molar-refractivity contribution in [1.29, 1.82) is 0 Å². The first-order valence-electron chi connectivity index (χ1n) is 9.84. The lowest BCUT2D eigenvalue weighted by molar-refractivity contribution is -0.131. The largest absolute Gasteiger partial charge is 0.496 e. The van der Waals surface area contributed by atoms with E-state index in [1.54, 1.807) is 36.5 Å². The fourth-order valence-electron chi connectivity index (χ4n) is 3.64. The number of benzene rings is 1. The Morgan fingerprint density at radius 1 is 1.10 bits per heavy atom. The summed E-state index contributed by atoms with van der Waals surface area (Å²) in [6.07, 6.45) is 4.73. The van der Waals surface area contributed by atoms with E-state index in [1.807, 2.05) is 24.3 Å². The summed E-state index contributed by atoms with van der Waals surface area (Å²) in [6.45, 7) is 1.10. The van der Waals surface area contributed by atoms with Crippen molar-refractivity contribution in [3.8, 4) is 17.0 Å². The van der Waals surface area contributed by atoms with Crippen molar-refractivity contribution in [2.45, 2.75) is 11.3 Å². The van der Waals surface area contributed by atoms with E-state index in [0.29, 0.717) is 30.1 Å². The van der Waals surface area contributed by atoms with Gasteiger partial charge < -0.3 is 9.64 Å². The Balaban J connectivity index is 1.44. The minimum absolute atomic E-state index is 0.0534. The molecule has 31 heavy (non-hydrogen) atoms. The van der Waals surface area contributed by atoms with Crippen LogP contribution in [-0.4, -0.2) is 72.0 Å². The second-order valence-corrected chi connectivity index (χ2v) is 9.02. The minimum atomic E-state index is -3.75. The third-order valence-corrected chi connectivity index (χ3v) is 7.23. The van der Waals surface area contributed by atoms with E-state index < -0.39 is 10.0 Å². The van der Waals surface area contributed by atoms with Gasteiger partial charge in [0, 0.05) is 49.7 Å². The standard InChI is InChI=1S/C21H23N5O4S/c1-30-18-5-3-2-4-17(18)14-20(27)25-10-12-26(13-11-25)31(28,29)19-15-23-24-21(19)16-6-8-22-9-7-16/h2-9,15H,10-14H2,1H3,(H,23,24). The van der Waals surface area contributed by atoms with Gasteiger partial charge in [-0.1, -0.05) is 18.2 Å². The molecule has 0 bridgehead atoms. The highest BCUT2D eigenvalue weighted by Gasteiger charge is 2.33. The number of nitrogens with one attached hydrogen (secondary N) is 1. The number of para-hydroxylation sites is 1. The molecule has 1 fully saturated rings. The van der Waals surface area contributed by atoms with E-state index in [-0.39, 0.29) is 30.3 Å². The second kappa shape index (κ2) is 8.86. The molecule has 2 aromatic heterocycles. The van der Waals surface area contributed by atoms with Crippen molar-refractivity contribution in [3.05, 3.63) is 60.6 Å². The van der Waals surface area contributed by atoms with Crippen molar-refractivity contribution >= 4 is 15.9 Å². The molecule has 0 saturated carbocycles. The highest BCUT2D eigenvalue weighted by molar-refractivity contribution is 7.89. The van der Waals surface area contributed by atoms with Gasteiger partial charge in [-0.2, -0.15) is 9.40 Å². The number of pyridine rings is 1. The van der Waals surface area contributed by atoms with E-state index in [2.05, 4.69) is 15.2 Å². The maximum absolute atomic E-state index is 13.2. The summed E-state index contributed by atoms with van der Waals surface area (Å²) in [6, 6.07) is 10.8. The lowest BCUT2D eigenvalue weighted by Gasteiger charge is -2.34. The first-order valence-corrected chi connectivity index (χ1v) is 11.3. The van der Waals surface area contributed by atoms with Gasteiger partial charge in [0.15, 0.2) is 0 Å². The van der Waals surface area contributed by atoms with Crippen LogP contribution in [0.1, 0.15) is 5.56 Å². The SMILES string of the molecule is COc1ccccc1CC(=O)N1CCN(S(=O)(=O)c2cn[nH]c2-c2ccncc2)CC1. The van der Waals surface area contributed by atoms with Crippen LogP contribution >= 0.6 is 0 Å². The topological polar surface area (TPSA) is 108 Å². The molecule has 1 aliphatic rings. The molecule has 3 heterocycles. The lowest BCUT2D eigenvalue weighted by Crippen LogP contribution is -2.50. The molecule has 1 N–H and O–H groups in total. The maximum Gasteiger partial charge on any atom is 0.246 e. The Kier molecular flexibility index (Phi) is 6.01. The van der Waals surface area contributed by atoms with Gasteiger partial charge in [-0.15, -0.1) is 0 Å². The van der Waals surface area contributed by atoms with E-state index in [9.17, 15) is 13.2 Å². The number of piperazine rings is 1. The Hall–Kier alpha value is -3.24. The van der Waals surface area contributed by atoms with Crippen molar-refractivity contribution in [1.82, 2.24) is 24.4 Å². The van der Waals surface area contributed by atoms with E-state index in [0.717, 1.165) is 5.56 Å². The molecular weight excluding hydrogens is 418 g/mol. The molecule has 1 amide bonds. The summed E-state index contributed by atoms with van der Waals surface area (Å²) < 4.78 is 33.2. The third-order valence-electron chi connectivity index (χ3n) is 5.32. The third kappa shape index (κ3) is 4.30. The van der Waals surface area contributed by atoms with Crippen LogP contribution in [0.2, 0.25) is 0 Å². The summed E-state index contributed by atoms with van der Waals surface area (Å²) in [5.41, 5.74) is 1.93. The molecule has 0 atom stereocenters. The van der Waals surface area contributed by atoms with Gasteiger partial charge in [-0.3, -0.25) is 14.9 Å². The Bertz CT molecular complexity index is 1160. The van der Waals surface area contributed by atoms with Crippen LogP contribution < -0.4 is 4.74 Å². The van der Waals surface area contributed by atoms with Crippen LogP contribution in [0, 0.1) is 0 Å². The van der Waals surface area contributed by atoms with Crippen LogP contribution in [0.15, 0.2) is 59.9 Å². The van der Waals surface area contributed by atoms with Crippen LogP contribution in [0.25, 0.3) is 11.3 Å². The minimum Gasteiger partial charge on any atom is -0.496 e. The number of methoxy groups -OCH3 is 1. The van der Waals surface area contributed by atoms with Crippen LogP contribution in [0.3, 0.4) is 0 Å². The van der Waals surface area contributed by atoms with Crippen molar-refractivity contribution in [2.24, 2.45) is 0 Å². The summed E-state index contributed by atoms with van der Waals surface area (Å²) in [5, 5.41) is 6.71. The number of hydrogen-bond donors (Lipinski definition) is 1. The number of carbonyl (C=O) groups is 1. The number of ether oxygens (including phenoxy) is 1. The number of amides is 1. The zero-order valence-corrected chi connectivity index (χ0v) is 17.9. The zero-order valence-electron chi connectivity index (χ0n) is 17.1. The molecule has 162 valence electrons. The molecule has 9 nitrogen and oxygen atoms in total.